The highest BCUT2D eigenvalue weighted by Gasteiger charge is 2.20. The average Bonchev–Trinajstić information content (AvgIpc) is 2.23. The minimum Gasteiger partial charge on any atom is -0.326 e. The number of carbonyl (C=O) groups excluding carboxylic acids is 1. The Kier molecular flexibility index (Phi) is 3.68. The van der Waals surface area contributed by atoms with Gasteiger partial charge in [-0.3, -0.25) is 4.79 Å². The molecule has 1 aromatic carbocycles. The Balaban J connectivity index is 1.95. The van der Waals surface area contributed by atoms with Gasteiger partial charge in [-0.1, -0.05) is 6.42 Å². The molecule has 0 spiro atoms. The van der Waals surface area contributed by atoms with E-state index in [1.54, 1.807) is 12.1 Å². The molecule has 98 valence electrons. The van der Waals surface area contributed by atoms with Crippen LogP contribution < -0.4 is 10.5 Å². The minimum atomic E-state index is -3.67. The molecule has 1 aliphatic carbocycles. The van der Waals surface area contributed by atoms with Crippen LogP contribution in [0.15, 0.2) is 29.2 Å². The van der Waals surface area contributed by atoms with E-state index in [0.29, 0.717) is 18.0 Å². The van der Waals surface area contributed by atoms with Crippen LogP contribution in [0.1, 0.15) is 25.7 Å². The second-order valence-electron chi connectivity index (χ2n) is 4.62. The van der Waals surface area contributed by atoms with Gasteiger partial charge in [0.05, 0.1) is 4.90 Å². The van der Waals surface area contributed by atoms with E-state index in [1.807, 2.05) is 0 Å². The summed E-state index contributed by atoms with van der Waals surface area (Å²) in [5.41, 5.74) is 0.590. The molecular formula is C12H16N2O3S. The van der Waals surface area contributed by atoms with Gasteiger partial charge in [0.2, 0.25) is 15.9 Å². The summed E-state index contributed by atoms with van der Waals surface area (Å²) in [6.45, 7) is 0. The van der Waals surface area contributed by atoms with E-state index in [1.165, 1.54) is 18.6 Å². The number of hydrogen-bond donors (Lipinski definition) is 2. The van der Waals surface area contributed by atoms with Gasteiger partial charge in [0.15, 0.2) is 0 Å². The summed E-state index contributed by atoms with van der Waals surface area (Å²) in [6.07, 6.45) is 3.99. The summed E-state index contributed by atoms with van der Waals surface area (Å²) in [4.78, 5) is 11.7. The number of nitrogens with two attached hydrogens (primary N) is 1. The van der Waals surface area contributed by atoms with E-state index in [0.717, 1.165) is 12.8 Å². The molecule has 2 rings (SSSR count). The van der Waals surface area contributed by atoms with E-state index < -0.39 is 10.0 Å². The van der Waals surface area contributed by atoms with Crippen molar-refractivity contribution in [3.63, 3.8) is 0 Å². The molecule has 0 unspecified atom stereocenters. The van der Waals surface area contributed by atoms with Crippen molar-refractivity contribution in [2.75, 3.05) is 5.32 Å². The molecule has 0 aromatic heterocycles. The summed E-state index contributed by atoms with van der Waals surface area (Å²) in [7, 11) is -3.67. The Morgan fingerprint density at radius 1 is 1.28 bits per heavy atom. The van der Waals surface area contributed by atoms with Gasteiger partial charge in [-0.15, -0.1) is 0 Å². The van der Waals surface area contributed by atoms with Crippen LogP contribution in [0.5, 0.6) is 0 Å². The molecule has 5 nitrogen and oxygen atoms in total. The number of sulfonamides is 1. The lowest BCUT2D eigenvalue weighted by atomic mass is 9.83. The summed E-state index contributed by atoms with van der Waals surface area (Å²) >= 11 is 0. The lowest BCUT2D eigenvalue weighted by Gasteiger charge is -2.24. The van der Waals surface area contributed by atoms with Gasteiger partial charge >= 0.3 is 0 Å². The molecule has 0 atom stereocenters. The quantitative estimate of drug-likeness (QED) is 0.866. The monoisotopic (exact) mass is 268 g/mol. The van der Waals surface area contributed by atoms with Crippen molar-refractivity contribution in [3.8, 4) is 0 Å². The molecule has 3 N–H and O–H groups in total. The molecule has 1 fully saturated rings. The number of hydrogen-bond acceptors (Lipinski definition) is 3. The molecule has 1 saturated carbocycles. The fourth-order valence-electron chi connectivity index (χ4n) is 1.90. The van der Waals surface area contributed by atoms with Crippen LogP contribution in [-0.2, 0) is 14.8 Å². The van der Waals surface area contributed by atoms with Gasteiger partial charge in [-0.25, -0.2) is 13.6 Å². The maximum atomic E-state index is 11.6. The third-order valence-corrected chi connectivity index (χ3v) is 4.09. The lowest BCUT2D eigenvalue weighted by molar-refractivity contribution is -0.117. The third-order valence-electron chi connectivity index (χ3n) is 3.17. The van der Waals surface area contributed by atoms with Crippen molar-refractivity contribution in [3.05, 3.63) is 24.3 Å². The molecule has 18 heavy (non-hydrogen) atoms. The van der Waals surface area contributed by atoms with Crippen molar-refractivity contribution in [2.24, 2.45) is 11.1 Å². The number of amides is 1. The van der Waals surface area contributed by atoms with Crippen LogP contribution in [0.3, 0.4) is 0 Å². The average molecular weight is 268 g/mol. The molecule has 0 radical (unpaired) electrons. The highest BCUT2D eigenvalue weighted by atomic mass is 32.2. The molecular weight excluding hydrogens is 252 g/mol. The van der Waals surface area contributed by atoms with E-state index in [9.17, 15) is 13.2 Å². The summed E-state index contributed by atoms with van der Waals surface area (Å²) in [5.74, 6) is 0.483. The fourth-order valence-corrected chi connectivity index (χ4v) is 2.41. The Bertz CT molecular complexity index is 533. The number of primary sulfonamides is 1. The van der Waals surface area contributed by atoms with Gasteiger partial charge in [0.1, 0.15) is 0 Å². The van der Waals surface area contributed by atoms with Gasteiger partial charge in [-0.2, -0.15) is 0 Å². The summed E-state index contributed by atoms with van der Waals surface area (Å²) in [5, 5.41) is 7.73. The molecule has 1 aliphatic rings. The summed E-state index contributed by atoms with van der Waals surface area (Å²) in [6, 6.07) is 5.85. The number of benzene rings is 1. The van der Waals surface area contributed by atoms with Crippen LogP contribution in [-0.4, -0.2) is 14.3 Å². The largest absolute Gasteiger partial charge is 0.326 e. The molecule has 6 heteroatoms. The van der Waals surface area contributed by atoms with Crippen molar-refractivity contribution in [1.29, 1.82) is 0 Å². The second kappa shape index (κ2) is 5.07. The van der Waals surface area contributed by atoms with Crippen molar-refractivity contribution >= 4 is 21.6 Å². The predicted molar refractivity (Wildman–Crippen MR) is 68.4 cm³/mol. The van der Waals surface area contributed by atoms with Gasteiger partial charge in [0, 0.05) is 12.1 Å². The normalized spacial score (nSPS) is 16.1. The first-order valence-electron chi connectivity index (χ1n) is 5.88. The van der Waals surface area contributed by atoms with Crippen molar-refractivity contribution in [1.82, 2.24) is 0 Å². The van der Waals surface area contributed by atoms with Gasteiger partial charge < -0.3 is 5.32 Å². The van der Waals surface area contributed by atoms with Crippen LogP contribution in [0.2, 0.25) is 0 Å². The molecule has 1 aromatic rings. The molecule has 1 amide bonds. The summed E-state index contributed by atoms with van der Waals surface area (Å²) < 4.78 is 22.1. The third kappa shape index (κ3) is 3.30. The number of rotatable bonds is 4. The van der Waals surface area contributed by atoms with E-state index >= 15 is 0 Å². The highest BCUT2D eigenvalue weighted by Crippen LogP contribution is 2.29. The number of nitrogens with one attached hydrogen (secondary N) is 1. The first-order valence-corrected chi connectivity index (χ1v) is 7.42. The van der Waals surface area contributed by atoms with Crippen molar-refractivity contribution < 1.29 is 13.2 Å². The zero-order valence-corrected chi connectivity index (χ0v) is 10.7. The van der Waals surface area contributed by atoms with Gasteiger partial charge in [0.25, 0.3) is 0 Å². The SMILES string of the molecule is NS(=O)(=O)c1ccc(NC(=O)CC2CCC2)cc1. The Morgan fingerprint density at radius 2 is 1.89 bits per heavy atom. The lowest BCUT2D eigenvalue weighted by Crippen LogP contribution is -2.20. The second-order valence-corrected chi connectivity index (χ2v) is 6.18. The molecule has 0 aliphatic heterocycles. The van der Waals surface area contributed by atoms with Gasteiger partial charge in [-0.05, 0) is 43.0 Å². The van der Waals surface area contributed by atoms with Crippen LogP contribution in [0.4, 0.5) is 5.69 Å². The maximum Gasteiger partial charge on any atom is 0.238 e. The Morgan fingerprint density at radius 3 is 2.33 bits per heavy atom. The van der Waals surface area contributed by atoms with E-state index in [2.05, 4.69) is 5.32 Å². The maximum absolute atomic E-state index is 11.6. The zero-order chi connectivity index (χ0) is 13.2. The van der Waals surface area contributed by atoms with E-state index in [4.69, 9.17) is 5.14 Å². The van der Waals surface area contributed by atoms with Crippen LogP contribution >= 0.6 is 0 Å². The standard InChI is InChI=1S/C12H16N2O3S/c13-18(16,17)11-6-4-10(5-7-11)14-12(15)8-9-2-1-3-9/h4-7,9H,1-3,8H2,(H,14,15)(H2,13,16,17). The highest BCUT2D eigenvalue weighted by molar-refractivity contribution is 7.89. The van der Waals surface area contributed by atoms with Crippen LogP contribution in [0.25, 0.3) is 0 Å². The molecule has 0 saturated heterocycles. The van der Waals surface area contributed by atoms with Crippen LogP contribution in [0, 0.1) is 5.92 Å². The number of anilines is 1. The first-order chi connectivity index (χ1) is 8.45. The predicted octanol–water partition coefficient (Wildman–Crippen LogP) is 1.46. The van der Waals surface area contributed by atoms with Crippen molar-refractivity contribution in [2.45, 2.75) is 30.6 Å². The zero-order valence-electron chi connectivity index (χ0n) is 9.93. The number of carbonyl (C=O) groups is 1. The fraction of sp³-hybridized carbons (Fsp3) is 0.417. The smallest absolute Gasteiger partial charge is 0.238 e. The topological polar surface area (TPSA) is 89.3 Å². The molecule has 0 heterocycles. The Hall–Kier alpha value is -1.40. The Labute approximate surface area is 106 Å². The first kappa shape index (κ1) is 13.0. The van der Waals surface area contributed by atoms with E-state index in [-0.39, 0.29) is 10.8 Å². The molecule has 0 bridgehead atoms. The minimum absolute atomic E-state index is 0.0249.